The van der Waals surface area contributed by atoms with Crippen LogP contribution in [0.2, 0.25) is 10.0 Å². The smallest absolute Gasteiger partial charge is 0.341 e. The number of aromatic nitrogens is 2. The van der Waals surface area contributed by atoms with Crippen LogP contribution in [0.1, 0.15) is 22.3 Å². The highest BCUT2D eigenvalue weighted by Gasteiger charge is 2.27. The van der Waals surface area contributed by atoms with E-state index in [-0.39, 0.29) is 5.56 Å². The van der Waals surface area contributed by atoms with E-state index in [2.05, 4.69) is 5.10 Å². The number of carbonyl (C=O) groups excluding carboxylic acids is 1. The van der Waals surface area contributed by atoms with Crippen molar-refractivity contribution in [2.24, 2.45) is 0 Å². The van der Waals surface area contributed by atoms with Gasteiger partial charge in [0.25, 0.3) is 0 Å². The number of carbonyl (C=O) groups is 1. The Labute approximate surface area is 137 Å². The lowest BCUT2D eigenvalue weighted by Crippen LogP contribution is -2.16. The summed E-state index contributed by atoms with van der Waals surface area (Å²) >= 11 is 12.4. The van der Waals surface area contributed by atoms with Crippen LogP contribution in [-0.2, 0) is 14.2 Å². The van der Waals surface area contributed by atoms with Crippen molar-refractivity contribution in [2.75, 3.05) is 21.3 Å². The maximum Gasteiger partial charge on any atom is 0.341 e. The van der Waals surface area contributed by atoms with E-state index in [4.69, 9.17) is 37.4 Å². The van der Waals surface area contributed by atoms with Crippen molar-refractivity contribution < 1.29 is 19.0 Å². The number of para-hydroxylation sites is 1. The van der Waals surface area contributed by atoms with Crippen molar-refractivity contribution >= 4 is 29.2 Å². The third-order valence-corrected chi connectivity index (χ3v) is 3.62. The fraction of sp³-hybridized carbons (Fsp3) is 0.286. The molecule has 6 nitrogen and oxygen atoms in total. The molecule has 0 saturated heterocycles. The van der Waals surface area contributed by atoms with Gasteiger partial charge in [-0.25, -0.2) is 9.48 Å². The number of benzene rings is 1. The average molecular weight is 345 g/mol. The first-order chi connectivity index (χ1) is 10.5. The van der Waals surface area contributed by atoms with Crippen molar-refractivity contribution in [3.8, 4) is 5.69 Å². The minimum Gasteiger partial charge on any atom is -0.465 e. The molecule has 2 aromatic rings. The number of methoxy groups -OCH3 is 3. The topological polar surface area (TPSA) is 62.6 Å². The molecule has 118 valence electrons. The summed E-state index contributed by atoms with van der Waals surface area (Å²) < 4.78 is 16.7. The molecule has 0 aliphatic rings. The molecule has 1 aromatic carbocycles. The molecule has 0 fully saturated rings. The first-order valence-corrected chi connectivity index (χ1v) is 6.97. The molecule has 0 radical (unpaired) electrons. The summed E-state index contributed by atoms with van der Waals surface area (Å²) in [5, 5.41) is 4.93. The highest BCUT2D eigenvalue weighted by atomic mass is 35.5. The van der Waals surface area contributed by atoms with E-state index in [1.165, 1.54) is 32.2 Å². The number of halogens is 2. The Morgan fingerprint density at radius 3 is 2.27 bits per heavy atom. The monoisotopic (exact) mass is 344 g/mol. The zero-order chi connectivity index (χ0) is 16.3. The van der Waals surface area contributed by atoms with Gasteiger partial charge in [0, 0.05) is 14.2 Å². The van der Waals surface area contributed by atoms with E-state index in [1.807, 2.05) is 0 Å². The van der Waals surface area contributed by atoms with Gasteiger partial charge in [0.2, 0.25) is 6.29 Å². The predicted octanol–water partition coefficient (Wildman–Crippen LogP) is 3.26. The fourth-order valence-electron chi connectivity index (χ4n) is 2.04. The summed E-state index contributed by atoms with van der Waals surface area (Å²) in [7, 11) is 4.17. The SMILES string of the molecule is COC(=O)c1cnn(-c2c(Cl)cccc2Cl)c1C(OC)OC. The standard InChI is InChI=1S/C14H14Cl2N2O4/c1-20-13(19)8-7-17-18(11(8)14(21-2)22-3)12-9(15)5-4-6-10(12)16/h4-7,14H,1-3H3. The summed E-state index contributed by atoms with van der Waals surface area (Å²) in [6.45, 7) is 0. The van der Waals surface area contributed by atoms with Crippen LogP contribution in [-0.4, -0.2) is 37.1 Å². The predicted molar refractivity (Wildman–Crippen MR) is 81.7 cm³/mol. The van der Waals surface area contributed by atoms with Crippen molar-refractivity contribution in [3.63, 3.8) is 0 Å². The molecule has 0 atom stereocenters. The van der Waals surface area contributed by atoms with Gasteiger partial charge in [-0.2, -0.15) is 5.10 Å². The maximum absolute atomic E-state index is 11.9. The Balaban J connectivity index is 2.71. The molecule has 0 aliphatic carbocycles. The minimum absolute atomic E-state index is 0.201. The molecule has 2 rings (SSSR count). The lowest BCUT2D eigenvalue weighted by Gasteiger charge is -2.18. The van der Waals surface area contributed by atoms with E-state index < -0.39 is 12.3 Å². The van der Waals surface area contributed by atoms with Crippen molar-refractivity contribution in [1.82, 2.24) is 9.78 Å². The van der Waals surface area contributed by atoms with Crippen molar-refractivity contribution in [1.29, 1.82) is 0 Å². The molecule has 8 heteroatoms. The molecular formula is C14H14Cl2N2O4. The molecule has 0 saturated carbocycles. The van der Waals surface area contributed by atoms with E-state index in [1.54, 1.807) is 18.2 Å². The second-order valence-electron chi connectivity index (χ2n) is 4.22. The second kappa shape index (κ2) is 7.11. The van der Waals surface area contributed by atoms with Gasteiger partial charge < -0.3 is 14.2 Å². The van der Waals surface area contributed by atoms with Gasteiger partial charge in [-0.05, 0) is 12.1 Å². The Kier molecular flexibility index (Phi) is 5.42. The normalized spacial score (nSPS) is 11.0. The maximum atomic E-state index is 11.9. The number of nitrogens with zero attached hydrogens (tertiary/aromatic N) is 2. The fourth-order valence-corrected chi connectivity index (χ4v) is 2.60. The quantitative estimate of drug-likeness (QED) is 0.615. The van der Waals surface area contributed by atoms with Crippen LogP contribution in [0.5, 0.6) is 0 Å². The summed E-state index contributed by atoms with van der Waals surface area (Å²) in [5.41, 5.74) is 0.967. The number of ether oxygens (including phenoxy) is 3. The summed E-state index contributed by atoms with van der Waals surface area (Å²) in [6.07, 6.45) is 0.509. The Bertz CT molecular complexity index is 663. The second-order valence-corrected chi connectivity index (χ2v) is 5.03. The summed E-state index contributed by atoms with van der Waals surface area (Å²) in [6, 6.07) is 5.05. The van der Waals surface area contributed by atoms with Crippen molar-refractivity contribution in [3.05, 3.63) is 45.7 Å². The molecule has 0 aliphatic heterocycles. The van der Waals surface area contributed by atoms with Gasteiger partial charge in [-0.1, -0.05) is 29.3 Å². The van der Waals surface area contributed by atoms with Gasteiger partial charge in [-0.3, -0.25) is 0 Å². The lowest BCUT2D eigenvalue weighted by atomic mass is 10.2. The van der Waals surface area contributed by atoms with Crippen LogP contribution in [0.4, 0.5) is 0 Å². The van der Waals surface area contributed by atoms with Gasteiger partial charge in [-0.15, -0.1) is 0 Å². The number of hydrogen-bond acceptors (Lipinski definition) is 5. The van der Waals surface area contributed by atoms with E-state index >= 15 is 0 Å². The molecule has 0 N–H and O–H groups in total. The number of esters is 1. The van der Waals surface area contributed by atoms with E-state index in [9.17, 15) is 4.79 Å². The van der Waals surface area contributed by atoms with Crippen LogP contribution < -0.4 is 0 Å². The third kappa shape index (κ3) is 2.96. The highest BCUT2D eigenvalue weighted by molar-refractivity contribution is 6.37. The molecule has 0 spiro atoms. The Morgan fingerprint density at radius 2 is 1.77 bits per heavy atom. The van der Waals surface area contributed by atoms with Crippen LogP contribution >= 0.6 is 23.2 Å². The largest absolute Gasteiger partial charge is 0.465 e. The number of hydrogen-bond donors (Lipinski definition) is 0. The molecule has 0 amide bonds. The Hall–Kier alpha value is -1.60. The minimum atomic E-state index is -0.844. The van der Waals surface area contributed by atoms with Crippen LogP contribution in [0.3, 0.4) is 0 Å². The molecular weight excluding hydrogens is 331 g/mol. The molecule has 1 aromatic heterocycles. The van der Waals surface area contributed by atoms with Crippen molar-refractivity contribution in [2.45, 2.75) is 6.29 Å². The van der Waals surface area contributed by atoms with Gasteiger partial charge in [0.05, 0.1) is 23.4 Å². The van der Waals surface area contributed by atoms with Gasteiger partial charge in [0.1, 0.15) is 16.9 Å². The van der Waals surface area contributed by atoms with E-state index in [0.717, 1.165) is 0 Å². The van der Waals surface area contributed by atoms with E-state index in [0.29, 0.717) is 21.4 Å². The molecule has 1 heterocycles. The Morgan fingerprint density at radius 1 is 1.18 bits per heavy atom. The average Bonchev–Trinajstić information content (AvgIpc) is 2.92. The first kappa shape index (κ1) is 16.8. The summed E-state index contributed by atoms with van der Waals surface area (Å²) in [4.78, 5) is 11.9. The zero-order valence-corrected chi connectivity index (χ0v) is 13.7. The van der Waals surface area contributed by atoms with Crippen LogP contribution in [0, 0.1) is 0 Å². The zero-order valence-electron chi connectivity index (χ0n) is 12.2. The van der Waals surface area contributed by atoms with Crippen LogP contribution in [0.15, 0.2) is 24.4 Å². The molecule has 0 bridgehead atoms. The number of rotatable bonds is 5. The van der Waals surface area contributed by atoms with Gasteiger partial charge >= 0.3 is 5.97 Å². The molecule has 22 heavy (non-hydrogen) atoms. The highest BCUT2D eigenvalue weighted by Crippen LogP contribution is 2.32. The van der Waals surface area contributed by atoms with Gasteiger partial charge in [0.15, 0.2) is 0 Å². The first-order valence-electron chi connectivity index (χ1n) is 6.21. The summed E-state index contributed by atoms with van der Waals surface area (Å²) in [5.74, 6) is -0.566. The lowest BCUT2D eigenvalue weighted by molar-refractivity contribution is -0.110. The third-order valence-electron chi connectivity index (χ3n) is 3.01. The molecule has 0 unspecified atom stereocenters. The van der Waals surface area contributed by atoms with Crippen LogP contribution in [0.25, 0.3) is 5.69 Å².